The Morgan fingerprint density at radius 3 is 2.55 bits per heavy atom. The zero-order chi connectivity index (χ0) is 29.2. The van der Waals surface area contributed by atoms with E-state index in [9.17, 15) is 9.59 Å². The summed E-state index contributed by atoms with van der Waals surface area (Å²) >= 11 is 7.84. The van der Waals surface area contributed by atoms with Crippen LogP contribution in [0.1, 0.15) is 40.3 Å². The molecule has 0 bridgehead atoms. The summed E-state index contributed by atoms with van der Waals surface area (Å²) in [5, 5.41) is 8.60. The van der Waals surface area contributed by atoms with Crippen LogP contribution in [-0.4, -0.2) is 53.1 Å². The number of fused-ring (bicyclic) bond motifs is 1. The number of carbonyl (C=O) groups excluding carboxylic acids is 2. The second-order valence-electron chi connectivity index (χ2n) is 10.8. The van der Waals surface area contributed by atoms with Crippen molar-refractivity contribution in [1.82, 2.24) is 15.1 Å². The van der Waals surface area contributed by atoms with E-state index >= 15 is 0 Å². The molecule has 9 heteroatoms. The number of hydrogen-bond acceptors (Lipinski definition) is 5. The van der Waals surface area contributed by atoms with Gasteiger partial charge in [-0.2, -0.15) is 5.10 Å². The fraction of sp³-hybridized carbons (Fsp3) is 0.303. The predicted octanol–water partition coefficient (Wildman–Crippen LogP) is 6.27. The van der Waals surface area contributed by atoms with Gasteiger partial charge in [-0.05, 0) is 62.1 Å². The van der Waals surface area contributed by atoms with Crippen molar-refractivity contribution in [2.45, 2.75) is 38.0 Å². The van der Waals surface area contributed by atoms with Gasteiger partial charge in [0.05, 0.1) is 28.5 Å². The van der Waals surface area contributed by atoms with Crippen molar-refractivity contribution >= 4 is 41.0 Å². The topological polar surface area (TPSA) is 76.5 Å². The normalized spacial score (nSPS) is 18.5. The molecule has 0 aliphatic carbocycles. The molecule has 7 nitrogen and oxygen atoms in total. The first-order valence-electron chi connectivity index (χ1n) is 14.2. The van der Waals surface area contributed by atoms with E-state index in [-0.39, 0.29) is 35.5 Å². The molecule has 1 fully saturated rings. The number of rotatable bonds is 7. The highest BCUT2D eigenvalue weighted by Crippen LogP contribution is 2.49. The Balaban J connectivity index is 1.53. The van der Waals surface area contributed by atoms with Crippen LogP contribution in [0.25, 0.3) is 16.9 Å². The van der Waals surface area contributed by atoms with Crippen molar-refractivity contribution in [3.05, 3.63) is 100 Å². The van der Waals surface area contributed by atoms with Gasteiger partial charge in [0.2, 0.25) is 11.8 Å². The monoisotopic (exact) mass is 600 g/mol. The zero-order valence-corrected chi connectivity index (χ0v) is 25.3. The minimum atomic E-state index is -0.228. The summed E-state index contributed by atoms with van der Waals surface area (Å²) in [7, 11) is 0. The number of benzene rings is 3. The number of halogens is 1. The van der Waals surface area contributed by atoms with Crippen LogP contribution in [-0.2, 0) is 14.3 Å². The molecule has 1 N–H and O–H groups in total. The third-order valence-corrected chi connectivity index (χ3v) is 9.30. The van der Waals surface area contributed by atoms with Crippen molar-refractivity contribution < 1.29 is 14.3 Å². The zero-order valence-electron chi connectivity index (χ0n) is 23.7. The molecule has 0 saturated carbocycles. The Morgan fingerprint density at radius 2 is 1.83 bits per heavy atom. The first-order chi connectivity index (χ1) is 20.4. The van der Waals surface area contributed by atoms with E-state index in [1.807, 2.05) is 72.3 Å². The molecule has 0 unspecified atom stereocenters. The molecular weight excluding hydrogens is 568 g/mol. The lowest BCUT2D eigenvalue weighted by atomic mass is 9.96. The van der Waals surface area contributed by atoms with E-state index in [1.54, 1.807) is 16.7 Å². The van der Waals surface area contributed by atoms with Crippen LogP contribution < -0.4 is 10.2 Å². The Bertz CT molecular complexity index is 1600. The third kappa shape index (κ3) is 5.84. The summed E-state index contributed by atoms with van der Waals surface area (Å²) in [6.07, 6.45) is 1.93. The first-order valence-corrected chi connectivity index (χ1v) is 15.6. The summed E-state index contributed by atoms with van der Waals surface area (Å²) in [6, 6.07) is 23.9. The molecule has 2 amide bonds. The van der Waals surface area contributed by atoms with E-state index < -0.39 is 0 Å². The quantitative estimate of drug-likeness (QED) is 0.270. The minimum Gasteiger partial charge on any atom is -0.376 e. The Labute approximate surface area is 255 Å². The number of aromatic nitrogens is 2. The third-order valence-electron chi connectivity index (χ3n) is 7.81. The number of thioether (sulfide) groups is 1. The van der Waals surface area contributed by atoms with Gasteiger partial charge in [0.25, 0.3) is 0 Å². The summed E-state index contributed by atoms with van der Waals surface area (Å²) in [5.41, 5.74) is 6.70. The Morgan fingerprint density at radius 1 is 1.07 bits per heavy atom. The number of nitrogens with one attached hydrogen (secondary N) is 1. The Kier molecular flexibility index (Phi) is 8.38. The molecule has 3 heterocycles. The molecule has 2 aliphatic heterocycles. The second kappa shape index (κ2) is 12.3. The van der Waals surface area contributed by atoms with Crippen LogP contribution >= 0.6 is 23.4 Å². The van der Waals surface area contributed by atoms with Gasteiger partial charge in [0.1, 0.15) is 12.4 Å². The highest BCUT2D eigenvalue weighted by Gasteiger charge is 2.38. The van der Waals surface area contributed by atoms with Gasteiger partial charge >= 0.3 is 0 Å². The number of carbonyl (C=O) groups is 2. The van der Waals surface area contributed by atoms with Crippen LogP contribution in [0.15, 0.2) is 72.8 Å². The fourth-order valence-corrected chi connectivity index (χ4v) is 6.98. The average molecular weight is 601 g/mol. The lowest BCUT2D eigenvalue weighted by Gasteiger charge is -2.24. The highest BCUT2D eigenvalue weighted by atomic mass is 35.5. The molecule has 6 rings (SSSR count). The standard InChI is InChI=1S/C33H33ClN4O3S/c1-21-9-15-25(16-10-21)38-33-30(31(36-38)23-11-13-24(34)14-12-23)32(27-8-4-3-6-22(27)2)42-20-29(40)37(33)19-28(39)35-18-26-7-5-17-41-26/h3-4,6,8-16,26,32H,5,7,17-20H2,1-2H3,(H,35,39)/t26-,32+/m0/s1. The second-order valence-corrected chi connectivity index (χ2v) is 12.3. The fourth-order valence-electron chi connectivity index (χ4n) is 5.57. The molecule has 2 aliphatic rings. The number of nitrogens with zero attached hydrogens (tertiary/aromatic N) is 3. The highest BCUT2D eigenvalue weighted by molar-refractivity contribution is 8.00. The summed E-state index contributed by atoms with van der Waals surface area (Å²) < 4.78 is 7.51. The first kappa shape index (κ1) is 28.5. The maximum Gasteiger partial charge on any atom is 0.240 e. The number of hydrogen-bond donors (Lipinski definition) is 1. The molecule has 4 aromatic rings. The van der Waals surface area contributed by atoms with E-state index in [0.29, 0.717) is 17.4 Å². The van der Waals surface area contributed by atoms with Crippen molar-refractivity contribution in [2.75, 3.05) is 30.3 Å². The smallest absolute Gasteiger partial charge is 0.240 e. The van der Waals surface area contributed by atoms with Crippen molar-refractivity contribution in [1.29, 1.82) is 0 Å². The van der Waals surface area contributed by atoms with Gasteiger partial charge in [0, 0.05) is 29.3 Å². The maximum atomic E-state index is 13.9. The molecule has 1 aromatic heterocycles. The van der Waals surface area contributed by atoms with Crippen LogP contribution in [0.4, 0.5) is 5.82 Å². The minimum absolute atomic E-state index is 0.0138. The lowest BCUT2D eigenvalue weighted by molar-refractivity contribution is -0.123. The van der Waals surface area contributed by atoms with Gasteiger partial charge in [-0.3, -0.25) is 14.5 Å². The van der Waals surface area contributed by atoms with E-state index in [2.05, 4.69) is 24.4 Å². The largest absolute Gasteiger partial charge is 0.376 e. The molecule has 216 valence electrons. The van der Waals surface area contributed by atoms with Gasteiger partial charge in [0.15, 0.2) is 0 Å². The average Bonchev–Trinajstić information content (AvgIpc) is 3.62. The lowest BCUT2D eigenvalue weighted by Crippen LogP contribution is -2.44. The van der Waals surface area contributed by atoms with Crippen LogP contribution in [0, 0.1) is 13.8 Å². The van der Waals surface area contributed by atoms with Crippen LogP contribution in [0.5, 0.6) is 0 Å². The van der Waals surface area contributed by atoms with E-state index in [1.165, 1.54) is 0 Å². The van der Waals surface area contributed by atoms with Crippen molar-refractivity contribution in [3.8, 4) is 16.9 Å². The van der Waals surface area contributed by atoms with Crippen LogP contribution in [0.3, 0.4) is 0 Å². The maximum absolute atomic E-state index is 13.9. The Hall–Kier alpha value is -3.59. The number of amides is 2. The molecule has 0 radical (unpaired) electrons. The predicted molar refractivity (Wildman–Crippen MR) is 169 cm³/mol. The molecule has 0 spiro atoms. The van der Waals surface area contributed by atoms with E-state index in [4.69, 9.17) is 21.4 Å². The number of aryl methyl sites for hydroxylation is 2. The number of anilines is 1. The van der Waals surface area contributed by atoms with Crippen LogP contribution in [0.2, 0.25) is 5.02 Å². The summed E-state index contributed by atoms with van der Waals surface area (Å²) in [5.74, 6) is 0.467. The number of ether oxygens (including phenoxy) is 1. The molecular formula is C33H33ClN4O3S. The van der Waals surface area contributed by atoms with Gasteiger partial charge in [-0.15, -0.1) is 11.8 Å². The van der Waals surface area contributed by atoms with Gasteiger partial charge in [-0.25, -0.2) is 4.68 Å². The molecule has 3 aromatic carbocycles. The van der Waals surface area contributed by atoms with Gasteiger partial charge < -0.3 is 10.1 Å². The van der Waals surface area contributed by atoms with Crippen molar-refractivity contribution in [2.24, 2.45) is 0 Å². The van der Waals surface area contributed by atoms with Gasteiger partial charge in [-0.1, -0.05) is 65.7 Å². The SMILES string of the molecule is Cc1ccc(-n2nc(-c3ccc(Cl)cc3)c3c2N(CC(=O)NC[C@@H]2CCCO2)C(=O)CS[C@@H]3c2ccccc2C)cc1. The molecule has 42 heavy (non-hydrogen) atoms. The van der Waals surface area contributed by atoms with Crippen molar-refractivity contribution in [3.63, 3.8) is 0 Å². The summed E-state index contributed by atoms with van der Waals surface area (Å²) in [4.78, 5) is 28.8. The van der Waals surface area contributed by atoms with E-state index in [0.717, 1.165) is 58.6 Å². The summed E-state index contributed by atoms with van der Waals surface area (Å²) in [6.45, 7) is 5.16. The molecule has 2 atom stereocenters. The molecule has 1 saturated heterocycles.